The van der Waals surface area contributed by atoms with Gasteiger partial charge in [-0.3, -0.25) is 0 Å². The predicted octanol–water partition coefficient (Wildman–Crippen LogP) is 3.03. The topological polar surface area (TPSA) is 46.0 Å². The lowest BCUT2D eigenvalue weighted by molar-refractivity contribution is 0.108. The molecule has 0 radical (unpaired) electrons. The first-order valence-corrected chi connectivity index (χ1v) is 7.10. The lowest BCUT2D eigenvalue weighted by Gasteiger charge is -2.25. The first-order valence-electron chi connectivity index (χ1n) is 7.10. The summed E-state index contributed by atoms with van der Waals surface area (Å²) in [5.74, 6) is 0.655. The van der Waals surface area contributed by atoms with Gasteiger partial charge in [-0.15, -0.1) is 0 Å². The summed E-state index contributed by atoms with van der Waals surface area (Å²) < 4.78 is 0. The van der Waals surface area contributed by atoms with Crippen molar-refractivity contribution in [2.75, 3.05) is 0 Å². The van der Waals surface area contributed by atoms with Gasteiger partial charge in [-0.2, -0.15) is 0 Å². The molecule has 1 N–H and O–H groups in total. The van der Waals surface area contributed by atoms with E-state index < -0.39 is 0 Å². The van der Waals surface area contributed by atoms with Crippen LogP contribution in [0.4, 0.5) is 0 Å². The molecular formula is C16H20N2O. The quantitative estimate of drug-likeness (QED) is 0.898. The number of aryl methyl sites for hydroxylation is 1. The summed E-state index contributed by atoms with van der Waals surface area (Å²) in [6, 6.07) is 6.35. The van der Waals surface area contributed by atoms with Crippen LogP contribution < -0.4 is 0 Å². The minimum absolute atomic E-state index is 0.0827. The minimum atomic E-state index is -0.0827. The van der Waals surface area contributed by atoms with Crippen LogP contribution in [0.1, 0.15) is 36.9 Å². The van der Waals surface area contributed by atoms with E-state index in [-0.39, 0.29) is 6.10 Å². The smallest absolute Gasteiger partial charge is 0.116 e. The highest BCUT2D eigenvalue weighted by Crippen LogP contribution is 2.28. The van der Waals surface area contributed by atoms with Crippen LogP contribution in [0.15, 0.2) is 24.5 Å². The van der Waals surface area contributed by atoms with Gasteiger partial charge in [0.15, 0.2) is 0 Å². The SMILES string of the molecule is Cc1ccc2ncnc(CC3CCC(O)CC3)c2c1. The Balaban J connectivity index is 1.86. The maximum Gasteiger partial charge on any atom is 0.116 e. The Hall–Kier alpha value is -1.48. The number of benzene rings is 1. The van der Waals surface area contributed by atoms with Gasteiger partial charge in [0.05, 0.1) is 17.3 Å². The maximum absolute atomic E-state index is 9.58. The van der Waals surface area contributed by atoms with Crippen LogP contribution >= 0.6 is 0 Å². The molecule has 3 heteroatoms. The molecule has 3 rings (SSSR count). The van der Waals surface area contributed by atoms with Crippen LogP contribution in [-0.4, -0.2) is 21.2 Å². The molecule has 1 heterocycles. The summed E-state index contributed by atoms with van der Waals surface area (Å²) >= 11 is 0. The highest BCUT2D eigenvalue weighted by molar-refractivity contribution is 5.81. The number of aromatic nitrogens is 2. The lowest BCUT2D eigenvalue weighted by Crippen LogP contribution is -2.20. The van der Waals surface area contributed by atoms with Crippen molar-refractivity contribution >= 4 is 10.9 Å². The summed E-state index contributed by atoms with van der Waals surface area (Å²) in [5, 5.41) is 10.8. The van der Waals surface area contributed by atoms with Crippen molar-refractivity contribution in [1.29, 1.82) is 0 Å². The number of nitrogens with zero attached hydrogens (tertiary/aromatic N) is 2. The van der Waals surface area contributed by atoms with E-state index in [9.17, 15) is 5.11 Å². The van der Waals surface area contributed by atoms with Crippen molar-refractivity contribution in [2.45, 2.75) is 45.1 Å². The molecule has 1 fully saturated rings. The molecule has 2 aromatic rings. The van der Waals surface area contributed by atoms with Crippen LogP contribution in [0, 0.1) is 12.8 Å². The van der Waals surface area contributed by atoms with Crippen molar-refractivity contribution in [1.82, 2.24) is 9.97 Å². The molecule has 1 aromatic carbocycles. The third-order valence-corrected chi connectivity index (χ3v) is 4.17. The zero-order valence-electron chi connectivity index (χ0n) is 11.3. The number of hydrogen-bond donors (Lipinski definition) is 1. The summed E-state index contributed by atoms with van der Waals surface area (Å²) in [4.78, 5) is 8.82. The molecule has 0 unspecified atom stereocenters. The van der Waals surface area contributed by atoms with Gasteiger partial charge in [0, 0.05) is 5.39 Å². The van der Waals surface area contributed by atoms with Crippen molar-refractivity contribution < 1.29 is 5.11 Å². The van der Waals surface area contributed by atoms with E-state index in [1.54, 1.807) is 6.33 Å². The molecule has 0 saturated heterocycles. The average molecular weight is 256 g/mol. The van der Waals surface area contributed by atoms with E-state index in [2.05, 4.69) is 35.1 Å². The van der Waals surface area contributed by atoms with E-state index in [1.165, 1.54) is 10.9 Å². The Morgan fingerprint density at radius 1 is 1.16 bits per heavy atom. The van der Waals surface area contributed by atoms with Crippen LogP contribution in [0.25, 0.3) is 10.9 Å². The van der Waals surface area contributed by atoms with E-state index in [0.29, 0.717) is 5.92 Å². The van der Waals surface area contributed by atoms with Gasteiger partial charge in [0.2, 0.25) is 0 Å². The molecule has 1 aliphatic rings. The number of aliphatic hydroxyl groups excluding tert-OH is 1. The van der Waals surface area contributed by atoms with E-state index in [1.807, 2.05) is 0 Å². The standard InChI is InChI=1S/C16H20N2O/c1-11-2-7-15-14(8-11)16(18-10-17-15)9-12-3-5-13(19)6-4-12/h2,7-8,10,12-13,19H,3-6,9H2,1H3. The van der Waals surface area contributed by atoms with Crippen LogP contribution in [0.5, 0.6) is 0 Å². The average Bonchev–Trinajstić information content (AvgIpc) is 2.42. The van der Waals surface area contributed by atoms with Crippen LogP contribution in [0.3, 0.4) is 0 Å². The third kappa shape index (κ3) is 2.76. The Morgan fingerprint density at radius 3 is 2.74 bits per heavy atom. The molecule has 0 bridgehead atoms. The summed E-state index contributed by atoms with van der Waals surface area (Å²) in [6.45, 7) is 2.10. The zero-order chi connectivity index (χ0) is 13.2. The maximum atomic E-state index is 9.58. The van der Waals surface area contributed by atoms with E-state index in [4.69, 9.17) is 0 Å². The molecule has 1 saturated carbocycles. The second-order valence-corrected chi connectivity index (χ2v) is 5.72. The Morgan fingerprint density at radius 2 is 1.95 bits per heavy atom. The number of aliphatic hydroxyl groups is 1. The second kappa shape index (κ2) is 5.25. The van der Waals surface area contributed by atoms with Gasteiger partial charge < -0.3 is 5.11 Å². The highest BCUT2D eigenvalue weighted by Gasteiger charge is 2.20. The van der Waals surface area contributed by atoms with Crippen LogP contribution in [0.2, 0.25) is 0 Å². The van der Waals surface area contributed by atoms with Gasteiger partial charge in [-0.1, -0.05) is 11.6 Å². The zero-order valence-corrected chi connectivity index (χ0v) is 11.3. The molecule has 1 aromatic heterocycles. The number of rotatable bonds is 2. The normalized spacial score (nSPS) is 23.7. The molecule has 1 aliphatic carbocycles. The van der Waals surface area contributed by atoms with Gasteiger partial charge in [0.25, 0.3) is 0 Å². The first-order chi connectivity index (χ1) is 9.22. The molecule has 19 heavy (non-hydrogen) atoms. The van der Waals surface area contributed by atoms with Crippen molar-refractivity contribution in [3.05, 3.63) is 35.8 Å². The predicted molar refractivity (Wildman–Crippen MR) is 75.9 cm³/mol. The van der Waals surface area contributed by atoms with Gasteiger partial charge in [0.1, 0.15) is 6.33 Å². The summed E-state index contributed by atoms with van der Waals surface area (Å²) in [6.07, 6.45) is 6.69. The molecule has 100 valence electrons. The number of fused-ring (bicyclic) bond motifs is 1. The molecule has 0 atom stereocenters. The number of hydrogen-bond acceptors (Lipinski definition) is 3. The van der Waals surface area contributed by atoms with Gasteiger partial charge in [-0.05, 0) is 57.1 Å². The van der Waals surface area contributed by atoms with Gasteiger partial charge in [-0.25, -0.2) is 9.97 Å². The summed E-state index contributed by atoms with van der Waals surface area (Å²) in [5.41, 5.74) is 3.45. The fourth-order valence-electron chi connectivity index (χ4n) is 3.01. The van der Waals surface area contributed by atoms with E-state index >= 15 is 0 Å². The fourth-order valence-corrected chi connectivity index (χ4v) is 3.01. The lowest BCUT2D eigenvalue weighted by atomic mass is 9.84. The molecule has 0 aliphatic heterocycles. The Labute approximate surface area is 113 Å². The van der Waals surface area contributed by atoms with Gasteiger partial charge >= 0.3 is 0 Å². The first kappa shape index (κ1) is 12.5. The third-order valence-electron chi connectivity index (χ3n) is 4.17. The van der Waals surface area contributed by atoms with E-state index in [0.717, 1.165) is 43.3 Å². The molecule has 0 amide bonds. The molecule has 0 spiro atoms. The monoisotopic (exact) mass is 256 g/mol. The Kier molecular flexibility index (Phi) is 3.47. The summed E-state index contributed by atoms with van der Waals surface area (Å²) in [7, 11) is 0. The minimum Gasteiger partial charge on any atom is -0.393 e. The highest BCUT2D eigenvalue weighted by atomic mass is 16.3. The van der Waals surface area contributed by atoms with Crippen LogP contribution in [-0.2, 0) is 6.42 Å². The van der Waals surface area contributed by atoms with Crippen molar-refractivity contribution in [3.8, 4) is 0 Å². The Bertz CT molecular complexity index is 574. The molecular weight excluding hydrogens is 236 g/mol. The largest absolute Gasteiger partial charge is 0.393 e. The van der Waals surface area contributed by atoms with Crippen molar-refractivity contribution in [3.63, 3.8) is 0 Å². The fraction of sp³-hybridized carbons (Fsp3) is 0.500. The molecule has 3 nitrogen and oxygen atoms in total. The van der Waals surface area contributed by atoms with Crippen molar-refractivity contribution in [2.24, 2.45) is 5.92 Å². The second-order valence-electron chi connectivity index (χ2n) is 5.72.